The van der Waals surface area contributed by atoms with Crippen LogP contribution in [-0.2, 0) is 16.6 Å². The van der Waals surface area contributed by atoms with Gasteiger partial charge in [0, 0.05) is 22.3 Å². The van der Waals surface area contributed by atoms with E-state index >= 15 is 0 Å². The van der Waals surface area contributed by atoms with Crippen molar-refractivity contribution in [3.63, 3.8) is 0 Å². The van der Waals surface area contributed by atoms with Gasteiger partial charge >= 0.3 is 0 Å². The van der Waals surface area contributed by atoms with E-state index in [0.717, 1.165) is 5.56 Å². The average Bonchev–Trinajstić information content (AvgIpc) is 2.53. The van der Waals surface area contributed by atoms with Crippen molar-refractivity contribution in [2.45, 2.75) is 12.2 Å². The summed E-state index contributed by atoms with van der Waals surface area (Å²) in [6.45, 7) is 0.471. The van der Waals surface area contributed by atoms with Gasteiger partial charge in [-0.2, -0.15) is 5.26 Å². The van der Waals surface area contributed by atoms with Gasteiger partial charge < -0.3 is 4.74 Å². The second kappa shape index (κ2) is 8.23. The van der Waals surface area contributed by atoms with Crippen LogP contribution in [0.25, 0.3) is 0 Å². The van der Waals surface area contributed by atoms with E-state index in [4.69, 9.17) is 10.00 Å². The quantitative estimate of drug-likeness (QED) is 0.737. The van der Waals surface area contributed by atoms with E-state index in [2.05, 4.69) is 6.07 Å². The van der Waals surface area contributed by atoms with Crippen LogP contribution >= 0.6 is 0 Å². The lowest BCUT2D eigenvalue weighted by molar-refractivity contribution is 0.317. The van der Waals surface area contributed by atoms with Gasteiger partial charge in [0.1, 0.15) is 11.8 Å². The number of nitriles is 1. The molecule has 4 heteroatoms. The lowest BCUT2D eigenvalue weighted by atomic mass is 10.2. The van der Waals surface area contributed by atoms with Gasteiger partial charge in [0.25, 0.3) is 0 Å². The van der Waals surface area contributed by atoms with Crippen molar-refractivity contribution in [2.24, 2.45) is 0 Å². The predicted molar refractivity (Wildman–Crippen MR) is 84.4 cm³/mol. The summed E-state index contributed by atoms with van der Waals surface area (Å²) in [6, 6.07) is 19.1. The Morgan fingerprint density at radius 3 is 2.52 bits per heavy atom. The van der Waals surface area contributed by atoms with E-state index < -0.39 is 10.8 Å². The Morgan fingerprint density at radius 2 is 1.76 bits per heavy atom. The highest BCUT2D eigenvalue weighted by Gasteiger charge is 2.04. The molecule has 2 aromatic carbocycles. The summed E-state index contributed by atoms with van der Waals surface area (Å²) in [5.74, 6) is 1.77. The van der Waals surface area contributed by atoms with Crippen LogP contribution in [0.1, 0.15) is 17.5 Å². The first-order chi connectivity index (χ1) is 10.3. The number of para-hydroxylation sites is 1. The molecule has 0 aliphatic heterocycles. The third-order valence-electron chi connectivity index (χ3n) is 2.95. The molecule has 0 saturated carbocycles. The number of ether oxygens (including phenoxy) is 1. The summed E-state index contributed by atoms with van der Waals surface area (Å²) < 4.78 is 17.5. The monoisotopic (exact) mass is 299 g/mol. The molecule has 1 unspecified atom stereocenters. The molecule has 1 atom stereocenters. The zero-order chi connectivity index (χ0) is 14.9. The van der Waals surface area contributed by atoms with Crippen LogP contribution in [0.3, 0.4) is 0 Å². The summed E-state index contributed by atoms with van der Waals surface area (Å²) in [6.07, 6.45) is 0.708. The largest absolute Gasteiger partial charge is 0.492 e. The fraction of sp³-hybridized carbons (Fsp3) is 0.235. The van der Waals surface area contributed by atoms with Crippen LogP contribution < -0.4 is 4.74 Å². The molecule has 0 N–H and O–H groups in total. The van der Waals surface area contributed by atoms with E-state index in [1.165, 1.54) is 0 Å². The van der Waals surface area contributed by atoms with Gasteiger partial charge in [0.05, 0.1) is 12.2 Å². The Balaban J connectivity index is 1.72. The molecule has 0 radical (unpaired) electrons. The van der Waals surface area contributed by atoms with Crippen molar-refractivity contribution in [3.8, 4) is 11.8 Å². The van der Waals surface area contributed by atoms with Crippen LogP contribution in [0.15, 0.2) is 54.6 Å². The molecule has 2 rings (SSSR count). The molecule has 2 aromatic rings. The molecule has 0 saturated heterocycles. The lowest BCUT2D eigenvalue weighted by Gasteiger charge is -2.07. The molecule has 0 aliphatic rings. The zero-order valence-corrected chi connectivity index (χ0v) is 12.5. The van der Waals surface area contributed by atoms with Crippen LogP contribution in [0.5, 0.6) is 5.75 Å². The summed E-state index contributed by atoms with van der Waals surface area (Å²) in [7, 11) is -0.881. The summed E-state index contributed by atoms with van der Waals surface area (Å²) in [4.78, 5) is 0. The average molecular weight is 299 g/mol. The van der Waals surface area contributed by atoms with Crippen molar-refractivity contribution in [3.05, 3.63) is 65.7 Å². The molecular weight excluding hydrogens is 282 g/mol. The van der Waals surface area contributed by atoms with Crippen LogP contribution in [0.2, 0.25) is 0 Å². The molecule has 0 amide bonds. The topological polar surface area (TPSA) is 50.1 Å². The second-order valence-electron chi connectivity index (χ2n) is 4.58. The maximum atomic E-state index is 12.0. The first kappa shape index (κ1) is 15.3. The zero-order valence-electron chi connectivity index (χ0n) is 11.7. The third-order valence-corrected chi connectivity index (χ3v) is 4.35. The van der Waals surface area contributed by atoms with E-state index in [1.54, 1.807) is 18.2 Å². The van der Waals surface area contributed by atoms with Gasteiger partial charge in [0.2, 0.25) is 0 Å². The van der Waals surface area contributed by atoms with Crippen molar-refractivity contribution >= 4 is 10.8 Å². The van der Waals surface area contributed by atoms with Crippen molar-refractivity contribution < 1.29 is 8.95 Å². The maximum Gasteiger partial charge on any atom is 0.137 e. The van der Waals surface area contributed by atoms with Crippen LogP contribution in [0.4, 0.5) is 0 Å². The maximum absolute atomic E-state index is 12.0. The minimum absolute atomic E-state index is 0.471. The highest BCUT2D eigenvalue weighted by Crippen LogP contribution is 2.16. The first-order valence-corrected chi connectivity index (χ1v) is 8.29. The third kappa shape index (κ3) is 5.05. The van der Waals surface area contributed by atoms with Crippen LogP contribution in [0, 0.1) is 11.3 Å². The van der Waals surface area contributed by atoms with Crippen molar-refractivity contribution in [1.29, 1.82) is 5.26 Å². The number of hydrogen-bond acceptors (Lipinski definition) is 3. The van der Waals surface area contributed by atoms with E-state index in [0.29, 0.717) is 35.8 Å². The second-order valence-corrected chi connectivity index (χ2v) is 6.16. The van der Waals surface area contributed by atoms with Gasteiger partial charge in [-0.3, -0.25) is 4.21 Å². The molecule has 21 heavy (non-hydrogen) atoms. The first-order valence-electron chi connectivity index (χ1n) is 6.80. The number of rotatable bonds is 7. The summed E-state index contributed by atoms with van der Waals surface area (Å²) in [5, 5.41) is 8.95. The Kier molecular flexibility index (Phi) is 5.99. The van der Waals surface area contributed by atoms with Crippen molar-refractivity contribution in [2.75, 3.05) is 12.4 Å². The highest BCUT2D eigenvalue weighted by atomic mass is 32.2. The highest BCUT2D eigenvalue weighted by molar-refractivity contribution is 7.84. The minimum Gasteiger partial charge on any atom is -0.492 e. The van der Waals surface area contributed by atoms with Gasteiger partial charge in [-0.25, -0.2) is 0 Å². The molecule has 0 fully saturated rings. The Bertz CT molecular complexity index is 635. The predicted octanol–water partition coefficient (Wildman–Crippen LogP) is 3.28. The Hall–Kier alpha value is -2.12. The molecule has 0 bridgehead atoms. The molecule has 0 aromatic heterocycles. The molecule has 0 aliphatic carbocycles. The smallest absolute Gasteiger partial charge is 0.137 e. The standard InChI is InChI=1S/C17H17NO2S/c18-13-16-9-4-5-10-17(16)20-11-6-12-21(19)14-15-7-2-1-3-8-15/h1-5,7-10H,6,11-12,14H2. The molecule has 3 nitrogen and oxygen atoms in total. The van der Waals surface area contributed by atoms with E-state index in [9.17, 15) is 4.21 Å². The van der Waals surface area contributed by atoms with Crippen molar-refractivity contribution in [1.82, 2.24) is 0 Å². The van der Waals surface area contributed by atoms with Crippen LogP contribution in [-0.4, -0.2) is 16.6 Å². The fourth-order valence-electron chi connectivity index (χ4n) is 1.92. The molecule has 0 heterocycles. The van der Waals surface area contributed by atoms with E-state index in [-0.39, 0.29) is 0 Å². The van der Waals surface area contributed by atoms with Gasteiger partial charge in [-0.05, 0) is 24.1 Å². The number of benzene rings is 2. The van der Waals surface area contributed by atoms with Gasteiger partial charge in [0.15, 0.2) is 0 Å². The number of hydrogen-bond donors (Lipinski definition) is 0. The van der Waals surface area contributed by atoms with Gasteiger partial charge in [-0.15, -0.1) is 0 Å². The Morgan fingerprint density at radius 1 is 1.05 bits per heavy atom. The summed E-state index contributed by atoms with van der Waals surface area (Å²) >= 11 is 0. The number of nitrogens with zero attached hydrogens (tertiary/aromatic N) is 1. The molecule has 0 spiro atoms. The Labute approximate surface area is 127 Å². The minimum atomic E-state index is -0.881. The lowest BCUT2D eigenvalue weighted by Crippen LogP contribution is -2.07. The van der Waals surface area contributed by atoms with Gasteiger partial charge in [-0.1, -0.05) is 42.5 Å². The van der Waals surface area contributed by atoms with E-state index in [1.807, 2.05) is 36.4 Å². The molecule has 108 valence electrons. The summed E-state index contributed by atoms with van der Waals surface area (Å²) in [5.41, 5.74) is 1.62. The fourth-order valence-corrected chi connectivity index (χ4v) is 3.07. The normalized spacial score (nSPS) is 11.6. The SMILES string of the molecule is N#Cc1ccccc1OCCCS(=O)Cc1ccccc1. The molecular formula is C17H17NO2S.